The molecular weight excluding hydrogens is 366 g/mol. The van der Waals surface area contributed by atoms with Crippen molar-refractivity contribution in [2.24, 2.45) is 5.92 Å². The Hall–Kier alpha value is -2.77. The zero-order chi connectivity index (χ0) is 19.8. The minimum atomic E-state index is -0.113. The van der Waals surface area contributed by atoms with Crippen molar-refractivity contribution >= 4 is 16.8 Å². The van der Waals surface area contributed by atoms with Gasteiger partial charge >= 0.3 is 0 Å². The highest BCUT2D eigenvalue weighted by Crippen LogP contribution is 2.25. The van der Waals surface area contributed by atoms with Crippen molar-refractivity contribution in [3.63, 3.8) is 0 Å². The van der Waals surface area contributed by atoms with Gasteiger partial charge in [-0.05, 0) is 31.2 Å². The number of hydrogen-bond donors (Lipinski definition) is 2. The van der Waals surface area contributed by atoms with E-state index in [1.165, 1.54) is 5.56 Å². The number of benzene rings is 1. The molecule has 0 radical (unpaired) electrons. The monoisotopic (exact) mass is 391 g/mol. The molecule has 0 saturated carbocycles. The van der Waals surface area contributed by atoms with E-state index >= 15 is 0 Å². The van der Waals surface area contributed by atoms with Gasteiger partial charge in [-0.15, -0.1) is 0 Å². The fraction of sp³-hybridized carbons (Fsp3) is 0.409. The smallest absolute Gasteiger partial charge is 0.272 e. The van der Waals surface area contributed by atoms with E-state index < -0.39 is 0 Å². The molecule has 7 nitrogen and oxygen atoms in total. The van der Waals surface area contributed by atoms with Crippen molar-refractivity contribution in [3.05, 3.63) is 59.0 Å². The van der Waals surface area contributed by atoms with Crippen molar-refractivity contribution in [1.29, 1.82) is 0 Å². The van der Waals surface area contributed by atoms with Crippen LogP contribution in [0.1, 0.15) is 27.3 Å². The summed E-state index contributed by atoms with van der Waals surface area (Å²) < 4.78 is 5.74. The summed E-state index contributed by atoms with van der Waals surface area (Å²) >= 11 is 0. The number of para-hydroxylation sites is 1. The van der Waals surface area contributed by atoms with Crippen LogP contribution in [0.5, 0.6) is 0 Å². The number of nitrogens with one attached hydrogen (secondary N) is 2. The van der Waals surface area contributed by atoms with Gasteiger partial charge < -0.3 is 15.0 Å². The molecule has 0 spiro atoms. The zero-order valence-corrected chi connectivity index (χ0v) is 16.5. The highest BCUT2D eigenvalue weighted by atomic mass is 16.5. The maximum absolute atomic E-state index is 13.0. The Morgan fingerprint density at radius 3 is 3.14 bits per heavy atom. The lowest BCUT2D eigenvalue weighted by Crippen LogP contribution is -2.41. The number of H-pyrrole nitrogens is 1. The van der Waals surface area contributed by atoms with Gasteiger partial charge in [-0.2, -0.15) is 5.10 Å². The fourth-order valence-corrected chi connectivity index (χ4v) is 4.43. The number of aromatic nitrogens is 3. The second kappa shape index (κ2) is 7.57. The molecule has 1 fully saturated rings. The van der Waals surface area contributed by atoms with Crippen LogP contribution in [-0.2, 0) is 24.1 Å². The Kier molecular flexibility index (Phi) is 4.77. The summed E-state index contributed by atoms with van der Waals surface area (Å²) in [6.45, 7) is 2.91. The van der Waals surface area contributed by atoms with E-state index in [1.54, 1.807) is 0 Å². The molecule has 0 aliphatic carbocycles. The summed E-state index contributed by atoms with van der Waals surface area (Å²) in [4.78, 5) is 19.6. The molecule has 2 N–H and O–H groups in total. The van der Waals surface area contributed by atoms with Crippen molar-refractivity contribution < 1.29 is 9.53 Å². The molecule has 1 saturated heterocycles. The number of nitrogens with zero attached hydrogens (tertiary/aromatic N) is 3. The summed E-state index contributed by atoms with van der Waals surface area (Å²) in [6.07, 6.45) is 3.60. The molecule has 2 aliphatic heterocycles. The largest absolute Gasteiger partial charge is 0.379 e. The van der Waals surface area contributed by atoms with Gasteiger partial charge in [0.25, 0.3) is 5.91 Å². The quantitative estimate of drug-likeness (QED) is 0.710. The second-order valence-corrected chi connectivity index (χ2v) is 8.09. The maximum Gasteiger partial charge on any atom is 0.272 e. The van der Waals surface area contributed by atoms with Crippen molar-refractivity contribution in [2.75, 3.05) is 26.8 Å². The molecule has 29 heavy (non-hydrogen) atoms. The van der Waals surface area contributed by atoms with Crippen molar-refractivity contribution in [2.45, 2.75) is 25.4 Å². The molecule has 150 valence electrons. The van der Waals surface area contributed by atoms with Crippen LogP contribution in [0.3, 0.4) is 0 Å². The third-order valence-corrected chi connectivity index (χ3v) is 6.08. The Bertz CT molecular complexity index is 1040. The van der Waals surface area contributed by atoms with Crippen LogP contribution >= 0.6 is 0 Å². The Morgan fingerprint density at radius 2 is 2.21 bits per heavy atom. The second-order valence-electron chi connectivity index (χ2n) is 8.09. The van der Waals surface area contributed by atoms with Crippen LogP contribution in [0.2, 0.25) is 0 Å². The van der Waals surface area contributed by atoms with E-state index in [1.807, 2.05) is 24.4 Å². The molecule has 1 aromatic carbocycles. The molecule has 1 amide bonds. The van der Waals surface area contributed by atoms with E-state index in [2.05, 4.69) is 44.6 Å². The highest BCUT2D eigenvalue weighted by molar-refractivity contribution is 5.94. The number of hydrogen-bond acceptors (Lipinski definition) is 5. The van der Waals surface area contributed by atoms with Crippen molar-refractivity contribution in [3.8, 4) is 0 Å². The first-order chi connectivity index (χ1) is 14.2. The number of ether oxygens (including phenoxy) is 1. The molecular formula is C22H25N5O2. The number of amides is 1. The predicted molar refractivity (Wildman–Crippen MR) is 110 cm³/mol. The molecule has 7 heteroatoms. The van der Waals surface area contributed by atoms with E-state index in [-0.39, 0.29) is 17.9 Å². The SMILES string of the molecule is CN1CCc2[nH]nc(C(=O)N[C@H]3COC[C@H]3Cc3ccnc4ccccc34)c2C1. The third-order valence-electron chi connectivity index (χ3n) is 6.08. The predicted octanol–water partition coefficient (Wildman–Crippen LogP) is 1.93. The molecule has 2 atom stereocenters. The van der Waals surface area contributed by atoms with Crippen LogP contribution in [0.25, 0.3) is 10.9 Å². The Balaban J connectivity index is 1.33. The average molecular weight is 391 g/mol. The summed E-state index contributed by atoms with van der Waals surface area (Å²) in [5, 5.41) is 11.7. The van der Waals surface area contributed by atoms with E-state index in [0.29, 0.717) is 18.9 Å². The van der Waals surface area contributed by atoms with E-state index in [4.69, 9.17) is 4.74 Å². The van der Waals surface area contributed by atoms with Gasteiger partial charge in [0.1, 0.15) is 0 Å². The topological polar surface area (TPSA) is 83.1 Å². The Morgan fingerprint density at radius 1 is 1.31 bits per heavy atom. The van der Waals surface area contributed by atoms with Crippen LogP contribution < -0.4 is 5.32 Å². The normalized spacial score (nSPS) is 22.0. The number of pyridine rings is 1. The molecule has 2 aliphatic rings. The molecule has 3 aromatic rings. The van der Waals surface area contributed by atoms with Crippen LogP contribution in [0, 0.1) is 5.92 Å². The van der Waals surface area contributed by atoms with Gasteiger partial charge in [0, 0.05) is 48.3 Å². The third kappa shape index (κ3) is 3.52. The molecule has 0 bridgehead atoms. The molecule has 2 aromatic heterocycles. The number of carbonyl (C=O) groups excluding carboxylic acids is 1. The lowest BCUT2D eigenvalue weighted by Gasteiger charge is -2.23. The summed E-state index contributed by atoms with van der Waals surface area (Å²) in [5.41, 5.74) is 4.86. The van der Waals surface area contributed by atoms with Gasteiger partial charge in [-0.1, -0.05) is 18.2 Å². The number of carbonyl (C=O) groups is 1. The van der Waals surface area contributed by atoms with Gasteiger partial charge in [-0.25, -0.2) is 0 Å². The van der Waals surface area contributed by atoms with Gasteiger partial charge in [0.15, 0.2) is 5.69 Å². The lowest BCUT2D eigenvalue weighted by molar-refractivity contribution is 0.0918. The van der Waals surface area contributed by atoms with E-state index in [9.17, 15) is 4.79 Å². The van der Waals surface area contributed by atoms with Crippen molar-refractivity contribution in [1.82, 2.24) is 25.4 Å². The molecule has 4 heterocycles. The first-order valence-electron chi connectivity index (χ1n) is 10.1. The number of rotatable bonds is 4. The lowest BCUT2D eigenvalue weighted by atomic mass is 9.93. The number of aromatic amines is 1. The first kappa shape index (κ1) is 18.3. The summed E-state index contributed by atoms with van der Waals surface area (Å²) in [7, 11) is 2.07. The van der Waals surface area contributed by atoms with Gasteiger partial charge in [0.2, 0.25) is 0 Å². The Labute approximate surface area is 169 Å². The summed E-state index contributed by atoms with van der Waals surface area (Å²) in [6, 6.07) is 10.2. The zero-order valence-electron chi connectivity index (χ0n) is 16.5. The minimum Gasteiger partial charge on any atom is -0.379 e. The molecule has 0 unspecified atom stereocenters. The molecule has 5 rings (SSSR count). The standard InChI is InChI=1S/C22H25N5O2/c1-27-9-7-19-17(11-27)21(26-25-19)22(28)24-20-13-29-12-15(20)10-14-6-8-23-18-5-3-2-4-16(14)18/h2-6,8,15,20H,7,9-13H2,1H3,(H,24,28)(H,25,26)/t15-,20+/m1/s1. The van der Waals surface area contributed by atoms with Gasteiger partial charge in [-0.3, -0.25) is 14.9 Å². The van der Waals surface area contributed by atoms with Crippen LogP contribution in [0.15, 0.2) is 36.5 Å². The number of likely N-dealkylation sites (N-methyl/N-ethyl adjacent to an activating group) is 1. The minimum absolute atomic E-state index is 0.0249. The average Bonchev–Trinajstić information content (AvgIpc) is 3.35. The van der Waals surface area contributed by atoms with E-state index in [0.717, 1.165) is 48.1 Å². The first-order valence-corrected chi connectivity index (χ1v) is 10.1. The van der Waals surface area contributed by atoms with Crippen LogP contribution in [-0.4, -0.2) is 58.8 Å². The van der Waals surface area contributed by atoms with Crippen LogP contribution in [0.4, 0.5) is 0 Å². The maximum atomic E-state index is 13.0. The summed E-state index contributed by atoms with van der Waals surface area (Å²) in [5.74, 6) is 0.111. The number of fused-ring (bicyclic) bond motifs is 2. The highest BCUT2D eigenvalue weighted by Gasteiger charge is 2.32. The van der Waals surface area contributed by atoms with Gasteiger partial charge in [0.05, 0.1) is 24.8 Å². The fourth-order valence-electron chi connectivity index (χ4n) is 4.43.